The molecule has 0 aliphatic heterocycles. The summed E-state index contributed by atoms with van der Waals surface area (Å²) < 4.78 is 75.3. The van der Waals surface area contributed by atoms with E-state index < -0.39 is 67.7 Å². The Balaban J connectivity index is 1.64. The number of halogens is 3. The van der Waals surface area contributed by atoms with Gasteiger partial charge in [-0.15, -0.1) is 0 Å². The number of benzene rings is 1. The molecule has 1 heterocycles. The van der Waals surface area contributed by atoms with Crippen molar-refractivity contribution in [2.45, 2.75) is 60.2 Å². The van der Waals surface area contributed by atoms with E-state index in [-0.39, 0.29) is 24.0 Å². The van der Waals surface area contributed by atoms with Crippen molar-refractivity contribution in [3.8, 4) is 17.2 Å². The number of carboxylic acids is 1. The number of ether oxygens (including phenoxy) is 1. The molecular formula is C23H23F3N4O6S. The normalized spacial score (nSPS) is 22.8. The van der Waals surface area contributed by atoms with Crippen LogP contribution in [0.5, 0.6) is 0 Å². The van der Waals surface area contributed by atoms with Crippen LogP contribution < -0.4 is 5.32 Å². The lowest BCUT2D eigenvalue weighted by Crippen LogP contribution is -2.42. The summed E-state index contributed by atoms with van der Waals surface area (Å²) in [6.07, 6.45) is -2.93. The number of carbonyl (C=O) groups is 2. The SMILES string of the molecule is CO[C@@H]1C[C@H](S(=O)(=O)c2ccc(-c3cnn(CC(=O)O)c3)cc2C(F)(F)F)C[C@H]1C(=O)NC1(C#N)CC1. The summed E-state index contributed by atoms with van der Waals surface area (Å²) in [6.45, 7) is -0.495. The minimum absolute atomic E-state index is 0.00703. The van der Waals surface area contributed by atoms with Crippen molar-refractivity contribution in [1.82, 2.24) is 15.1 Å². The van der Waals surface area contributed by atoms with Crippen molar-refractivity contribution in [2.24, 2.45) is 5.92 Å². The molecule has 0 unspecified atom stereocenters. The second-order valence-electron chi connectivity index (χ2n) is 9.23. The van der Waals surface area contributed by atoms with E-state index in [1.54, 1.807) is 0 Å². The van der Waals surface area contributed by atoms with Gasteiger partial charge in [0.1, 0.15) is 12.1 Å². The highest BCUT2D eigenvalue weighted by Crippen LogP contribution is 2.43. The first kappa shape index (κ1) is 26.6. The van der Waals surface area contributed by atoms with Gasteiger partial charge in [-0.1, -0.05) is 6.07 Å². The van der Waals surface area contributed by atoms with Crippen LogP contribution in [0.2, 0.25) is 0 Å². The summed E-state index contributed by atoms with van der Waals surface area (Å²) in [5.74, 6) is -2.69. The molecular weight excluding hydrogens is 517 g/mol. The van der Waals surface area contributed by atoms with Crippen molar-refractivity contribution in [3.05, 3.63) is 36.2 Å². The van der Waals surface area contributed by atoms with E-state index >= 15 is 0 Å². The lowest BCUT2D eigenvalue weighted by atomic mass is 10.0. The summed E-state index contributed by atoms with van der Waals surface area (Å²) in [6, 6.07) is 4.76. The Bertz CT molecular complexity index is 1380. The van der Waals surface area contributed by atoms with Crippen LogP contribution >= 0.6 is 0 Å². The molecule has 1 aromatic heterocycles. The third kappa shape index (κ3) is 5.33. The minimum Gasteiger partial charge on any atom is -0.480 e. The molecule has 2 N–H and O–H groups in total. The predicted octanol–water partition coefficient (Wildman–Crippen LogP) is 2.39. The maximum absolute atomic E-state index is 14.0. The molecule has 14 heteroatoms. The number of alkyl halides is 3. The zero-order valence-corrected chi connectivity index (χ0v) is 20.3. The molecule has 0 saturated heterocycles. The topological polar surface area (TPSA) is 151 Å². The molecule has 1 aromatic carbocycles. The van der Waals surface area contributed by atoms with Gasteiger partial charge in [0.2, 0.25) is 5.91 Å². The third-order valence-corrected chi connectivity index (χ3v) is 8.95. The number of aliphatic carboxylic acids is 1. The summed E-state index contributed by atoms with van der Waals surface area (Å²) in [5, 5.41) is 23.2. The zero-order chi connectivity index (χ0) is 27.2. The van der Waals surface area contributed by atoms with Crippen LogP contribution in [0, 0.1) is 17.2 Å². The average Bonchev–Trinajstić information content (AvgIpc) is 3.23. The number of nitriles is 1. The Morgan fingerprint density at radius 3 is 2.57 bits per heavy atom. The number of amides is 1. The number of nitrogens with one attached hydrogen (secondary N) is 1. The predicted molar refractivity (Wildman–Crippen MR) is 121 cm³/mol. The van der Waals surface area contributed by atoms with Gasteiger partial charge in [0.05, 0.1) is 40.0 Å². The molecule has 198 valence electrons. The van der Waals surface area contributed by atoms with Crippen LogP contribution in [0.15, 0.2) is 35.5 Å². The van der Waals surface area contributed by atoms with Crippen LogP contribution in [-0.4, -0.2) is 59.2 Å². The second kappa shape index (κ2) is 9.46. The summed E-state index contributed by atoms with van der Waals surface area (Å²) in [7, 11) is -3.26. The highest BCUT2D eigenvalue weighted by molar-refractivity contribution is 7.92. The molecule has 3 atom stereocenters. The molecule has 0 radical (unpaired) electrons. The monoisotopic (exact) mass is 540 g/mol. The number of rotatable bonds is 8. The van der Waals surface area contributed by atoms with Gasteiger partial charge in [0, 0.05) is 18.9 Å². The van der Waals surface area contributed by atoms with Crippen molar-refractivity contribution < 1.29 is 41.0 Å². The van der Waals surface area contributed by atoms with E-state index in [9.17, 15) is 36.4 Å². The molecule has 2 aliphatic carbocycles. The van der Waals surface area contributed by atoms with Gasteiger partial charge in [0.15, 0.2) is 9.84 Å². The van der Waals surface area contributed by atoms with E-state index in [1.807, 2.05) is 6.07 Å². The Labute approximate surface area is 209 Å². The highest BCUT2D eigenvalue weighted by atomic mass is 32.2. The molecule has 1 amide bonds. The van der Waals surface area contributed by atoms with Crippen molar-refractivity contribution in [2.75, 3.05) is 7.11 Å². The first-order chi connectivity index (χ1) is 17.3. The number of carbonyl (C=O) groups excluding carboxylic acids is 1. The average molecular weight is 541 g/mol. The van der Waals surface area contributed by atoms with Gasteiger partial charge in [0.25, 0.3) is 0 Å². The van der Waals surface area contributed by atoms with Gasteiger partial charge in [-0.25, -0.2) is 8.42 Å². The summed E-state index contributed by atoms with van der Waals surface area (Å²) in [4.78, 5) is 22.7. The lowest BCUT2D eigenvalue weighted by Gasteiger charge is -2.19. The molecule has 0 spiro atoms. The Morgan fingerprint density at radius 1 is 1.30 bits per heavy atom. The number of nitrogens with zero attached hydrogens (tertiary/aromatic N) is 3. The molecule has 2 aromatic rings. The van der Waals surface area contributed by atoms with Crippen LogP contribution in [0.3, 0.4) is 0 Å². The number of sulfone groups is 1. The first-order valence-electron chi connectivity index (χ1n) is 11.3. The molecule has 10 nitrogen and oxygen atoms in total. The van der Waals surface area contributed by atoms with Crippen molar-refractivity contribution in [1.29, 1.82) is 5.26 Å². The van der Waals surface area contributed by atoms with E-state index in [4.69, 9.17) is 9.84 Å². The van der Waals surface area contributed by atoms with E-state index in [0.29, 0.717) is 18.9 Å². The number of hydrogen-bond donors (Lipinski definition) is 2. The molecule has 0 bridgehead atoms. The van der Waals surface area contributed by atoms with Crippen LogP contribution in [0.4, 0.5) is 13.2 Å². The van der Waals surface area contributed by atoms with E-state index in [0.717, 1.165) is 10.7 Å². The van der Waals surface area contributed by atoms with Gasteiger partial charge in [-0.2, -0.15) is 23.5 Å². The number of hydrogen-bond acceptors (Lipinski definition) is 7. The Morgan fingerprint density at radius 2 is 2.00 bits per heavy atom. The van der Waals surface area contributed by atoms with Gasteiger partial charge in [-0.05, 0) is 43.4 Å². The highest BCUT2D eigenvalue weighted by Gasteiger charge is 2.51. The lowest BCUT2D eigenvalue weighted by molar-refractivity contribution is -0.140. The summed E-state index contributed by atoms with van der Waals surface area (Å²) >= 11 is 0. The minimum atomic E-state index is -5.02. The van der Waals surface area contributed by atoms with Crippen LogP contribution in [0.1, 0.15) is 31.2 Å². The van der Waals surface area contributed by atoms with E-state index in [2.05, 4.69) is 10.4 Å². The fourth-order valence-corrected chi connectivity index (χ4v) is 6.56. The van der Waals surface area contributed by atoms with Gasteiger partial charge in [-0.3, -0.25) is 14.3 Å². The Kier molecular flexibility index (Phi) is 6.80. The van der Waals surface area contributed by atoms with Crippen LogP contribution in [0.25, 0.3) is 11.1 Å². The standard InChI is InChI=1S/C23H23F3N4O6S/c1-36-18-8-15(7-16(18)21(33)29-22(12-27)4-5-22)37(34,35)19-3-2-13(6-17(19)23(24,25)26)14-9-28-30(10-14)11-20(31)32/h2-3,6,9-10,15-16,18H,4-5,7-8,11H2,1H3,(H,29,33)(H,31,32)/t15-,16-,18-/m1/s1. The number of aromatic nitrogens is 2. The molecule has 37 heavy (non-hydrogen) atoms. The third-order valence-electron chi connectivity index (χ3n) is 6.72. The molecule has 4 rings (SSSR count). The zero-order valence-electron chi connectivity index (χ0n) is 19.5. The summed E-state index contributed by atoms with van der Waals surface area (Å²) in [5.41, 5.74) is -2.17. The van der Waals surface area contributed by atoms with Crippen molar-refractivity contribution in [3.63, 3.8) is 0 Å². The Hall–Kier alpha value is -3.44. The quantitative estimate of drug-likeness (QED) is 0.518. The van der Waals surface area contributed by atoms with E-state index in [1.165, 1.54) is 25.6 Å². The number of carboxylic acid groups (broad SMARTS) is 1. The fraction of sp³-hybridized carbons (Fsp3) is 0.478. The molecule has 2 saturated carbocycles. The van der Waals surface area contributed by atoms with Gasteiger partial charge >= 0.3 is 12.1 Å². The van der Waals surface area contributed by atoms with Crippen LogP contribution in [-0.2, 0) is 36.9 Å². The largest absolute Gasteiger partial charge is 0.480 e. The molecule has 2 aliphatic rings. The smallest absolute Gasteiger partial charge is 0.417 e. The maximum atomic E-state index is 14.0. The fourth-order valence-electron chi connectivity index (χ4n) is 4.56. The molecule has 2 fully saturated rings. The maximum Gasteiger partial charge on any atom is 0.417 e. The van der Waals surface area contributed by atoms with Crippen molar-refractivity contribution >= 4 is 21.7 Å². The first-order valence-corrected chi connectivity index (χ1v) is 12.8. The number of methoxy groups -OCH3 is 1. The second-order valence-corrected chi connectivity index (χ2v) is 11.4. The van der Waals surface area contributed by atoms with Gasteiger partial charge < -0.3 is 15.2 Å².